The Morgan fingerprint density at radius 1 is 1.00 bits per heavy atom. The van der Waals surface area contributed by atoms with Gasteiger partial charge in [0, 0.05) is 0 Å². The van der Waals surface area contributed by atoms with E-state index in [9.17, 15) is 0 Å². The normalized spacial score (nSPS) is 14.5. The van der Waals surface area contributed by atoms with Crippen molar-refractivity contribution < 1.29 is 0 Å². The quantitative estimate of drug-likeness (QED) is 0.477. The maximum atomic E-state index is 2.42. The predicted molar refractivity (Wildman–Crippen MR) is 68.7 cm³/mol. The van der Waals surface area contributed by atoms with Crippen molar-refractivity contribution in [1.82, 2.24) is 0 Å². The first-order valence-corrected chi connectivity index (χ1v) is 9.69. The molecule has 0 nitrogen and oxygen atoms in total. The van der Waals surface area contributed by atoms with Crippen LogP contribution in [0.5, 0.6) is 0 Å². The van der Waals surface area contributed by atoms with Crippen molar-refractivity contribution in [1.29, 1.82) is 0 Å². The molecule has 12 heavy (non-hydrogen) atoms. The second-order valence-electron chi connectivity index (χ2n) is 3.25. The Morgan fingerprint density at radius 3 is 2.00 bits per heavy atom. The molecule has 0 aromatic heterocycles. The summed E-state index contributed by atoms with van der Waals surface area (Å²) in [6.07, 6.45) is 5.79. The Hall–Kier alpha value is 0.730. The summed E-state index contributed by atoms with van der Waals surface area (Å²) in [5.74, 6) is 0. The minimum absolute atomic E-state index is 0.518. The van der Waals surface area contributed by atoms with E-state index in [-0.39, 0.29) is 0 Å². The molecule has 0 aliphatic heterocycles. The molecule has 0 saturated heterocycles. The van der Waals surface area contributed by atoms with Crippen molar-refractivity contribution in [2.24, 2.45) is 0 Å². The van der Waals surface area contributed by atoms with Gasteiger partial charge in [0.15, 0.2) is 0 Å². The molecular formula is C11H25I. The first-order chi connectivity index (χ1) is 5.79. The van der Waals surface area contributed by atoms with Gasteiger partial charge in [0.1, 0.15) is 0 Å². The van der Waals surface area contributed by atoms with Crippen LogP contribution in [0.15, 0.2) is 0 Å². The van der Waals surface area contributed by atoms with Crippen molar-refractivity contribution in [3.63, 3.8) is 0 Å². The molecule has 0 bridgehead atoms. The molecule has 0 N–H and O–H groups in total. The zero-order valence-corrected chi connectivity index (χ0v) is 11.4. The third-order valence-corrected chi connectivity index (χ3v) is 10.7. The van der Waals surface area contributed by atoms with E-state index in [0.717, 1.165) is 3.92 Å². The number of rotatable bonds is 7. The van der Waals surface area contributed by atoms with Crippen LogP contribution in [0.2, 0.25) is 0 Å². The zero-order valence-electron chi connectivity index (χ0n) is 9.20. The molecule has 1 atom stereocenters. The topological polar surface area (TPSA) is 0 Å². The van der Waals surface area contributed by atoms with E-state index in [1.54, 1.807) is 4.43 Å². The molecule has 76 valence electrons. The first kappa shape index (κ1) is 12.7. The molecule has 0 aliphatic rings. The summed E-state index contributed by atoms with van der Waals surface area (Å²) in [6, 6.07) is 0. The van der Waals surface area contributed by atoms with Gasteiger partial charge in [-0.2, -0.15) is 0 Å². The summed E-state index contributed by atoms with van der Waals surface area (Å²) in [4.78, 5) is 0. The molecule has 0 spiro atoms. The van der Waals surface area contributed by atoms with Gasteiger partial charge in [-0.05, 0) is 0 Å². The van der Waals surface area contributed by atoms with Crippen LogP contribution in [-0.2, 0) is 0 Å². The van der Waals surface area contributed by atoms with Crippen LogP contribution in [0, 0.1) is 0 Å². The monoisotopic (exact) mass is 284 g/mol. The van der Waals surface area contributed by atoms with Crippen molar-refractivity contribution in [3.8, 4) is 0 Å². The molecule has 0 aromatic carbocycles. The van der Waals surface area contributed by atoms with Crippen LogP contribution in [0.1, 0.15) is 53.4 Å². The molecule has 0 radical (unpaired) electrons. The molecule has 0 amide bonds. The minimum atomic E-state index is -0.518. The van der Waals surface area contributed by atoms with Crippen molar-refractivity contribution in [2.45, 2.75) is 57.3 Å². The van der Waals surface area contributed by atoms with Crippen LogP contribution in [0.25, 0.3) is 0 Å². The van der Waals surface area contributed by atoms with Gasteiger partial charge in [-0.25, -0.2) is 0 Å². The van der Waals surface area contributed by atoms with Crippen LogP contribution in [-0.4, -0.2) is 12.8 Å². The Labute approximate surface area is 85.9 Å². The molecule has 0 saturated carbocycles. The summed E-state index contributed by atoms with van der Waals surface area (Å²) in [5.41, 5.74) is 0. The van der Waals surface area contributed by atoms with Gasteiger partial charge >= 0.3 is 86.0 Å². The van der Waals surface area contributed by atoms with Gasteiger partial charge < -0.3 is 0 Å². The summed E-state index contributed by atoms with van der Waals surface area (Å²) >= 11 is -0.518. The van der Waals surface area contributed by atoms with E-state index in [1.165, 1.54) is 30.1 Å². The average molecular weight is 284 g/mol. The second-order valence-corrected chi connectivity index (χ2v) is 10.5. The van der Waals surface area contributed by atoms with E-state index < -0.39 is 19.8 Å². The molecule has 0 heterocycles. The summed E-state index contributed by atoms with van der Waals surface area (Å²) < 4.78 is 4.29. The van der Waals surface area contributed by atoms with E-state index in [1.807, 2.05) is 0 Å². The Bertz CT molecular complexity index is 79.0. The Morgan fingerprint density at radius 2 is 1.67 bits per heavy atom. The molecule has 0 aromatic rings. The van der Waals surface area contributed by atoms with Crippen LogP contribution >= 0.6 is 19.8 Å². The average Bonchev–Trinajstić information content (AvgIpc) is 2.11. The van der Waals surface area contributed by atoms with Crippen molar-refractivity contribution in [3.05, 3.63) is 0 Å². The third-order valence-electron chi connectivity index (χ3n) is 2.26. The summed E-state index contributed by atoms with van der Waals surface area (Å²) in [7, 11) is 0. The van der Waals surface area contributed by atoms with Gasteiger partial charge in [-0.1, -0.05) is 0 Å². The van der Waals surface area contributed by atoms with Crippen molar-refractivity contribution in [2.75, 3.05) is 8.86 Å². The summed E-state index contributed by atoms with van der Waals surface area (Å²) in [6.45, 7) is 9.48. The van der Waals surface area contributed by atoms with Crippen LogP contribution < -0.4 is 0 Å². The van der Waals surface area contributed by atoms with Gasteiger partial charge in [-0.15, -0.1) is 0 Å². The molecule has 1 unspecified atom stereocenters. The maximum absolute atomic E-state index is 2.42. The van der Waals surface area contributed by atoms with E-state index in [4.69, 9.17) is 0 Å². The zero-order chi connectivity index (χ0) is 9.40. The fraction of sp³-hybridized carbons (Fsp3) is 1.00. The van der Waals surface area contributed by atoms with E-state index in [2.05, 4.69) is 27.7 Å². The molecule has 1 heteroatoms. The first-order valence-electron chi connectivity index (χ1n) is 5.40. The Balaban J connectivity index is 3.84. The van der Waals surface area contributed by atoms with Gasteiger partial charge in [0.2, 0.25) is 0 Å². The predicted octanol–water partition coefficient (Wildman–Crippen LogP) is 4.50. The van der Waals surface area contributed by atoms with Crippen LogP contribution in [0.4, 0.5) is 0 Å². The third kappa shape index (κ3) is 4.68. The molecule has 0 rings (SSSR count). The van der Waals surface area contributed by atoms with Crippen molar-refractivity contribution >= 4 is 19.8 Å². The molecule has 0 aliphatic carbocycles. The van der Waals surface area contributed by atoms with E-state index in [0.29, 0.717) is 0 Å². The van der Waals surface area contributed by atoms with Gasteiger partial charge in [-0.3, -0.25) is 0 Å². The SMILES string of the molecule is CCCC(CC)I(CC)CCC. The summed E-state index contributed by atoms with van der Waals surface area (Å²) in [5, 5.41) is 0. The number of hydrogen-bond donors (Lipinski definition) is 0. The van der Waals surface area contributed by atoms with Gasteiger partial charge in [0.05, 0.1) is 0 Å². The fourth-order valence-electron chi connectivity index (χ4n) is 1.64. The Kier molecular flexibility index (Phi) is 8.84. The molecular weight excluding hydrogens is 259 g/mol. The number of halogens is 1. The second kappa shape index (κ2) is 8.33. The molecule has 0 fully saturated rings. The standard InChI is InChI=1S/C11H25I/c1-5-9-11(7-3)12(8-4)10-6-2/h11H,5-10H2,1-4H3. The van der Waals surface area contributed by atoms with E-state index >= 15 is 0 Å². The number of hydrogen-bond acceptors (Lipinski definition) is 0. The number of alkyl halides is 3. The van der Waals surface area contributed by atoms with Gasteiger partial charge in [0.25, 0.3) is 0 Å². The van der Waals surface area contributed by atoms with Crippen LogP contribution in [0.3, 0.4) is 0 Å². The fourth-order valence-corrected chi connectivity index (χ4v) is 8.66.